The lowest BCUT2D eigenvalue weighted by Gasteiger charge is -2.40. The Morgan fingerprint density at radius 2 is 2.02 bits per heavy atom. The third kappa shape index (κ3) is 4.57. The number of nitrogens with two attached hydrogens (primary N) is 1. The van der Waals surface area contributed by atoms with Crippen molar-refractivity contribution in [2.24, 2.45) is 0 Å². The zero-order chi connectivity index (χ0) is 32.3. The monoisotopic (exact) mass is 668 g/mol. The summed E-state index contributed by atoms with van der Waals surface area (Å²) in [6.45, 7) is 1.84. The number of hydrogen-bond acceptors (Lipinski definition) is 8. The number of alkyl halides is 5. The molecule has 246 valence electrons. The first-order chi connectivity index (χ1) is 21.7. The second-order valence-corrected chi connectivity index (χ2v) is 13.7. The number of hydrogen-bond donors (Lipinski definition) is 2. The lowest BCUT2D eigenvalue weighted by Crippen LogP contribution is -2.60. The van der Waals surface area contributed by atoms with Gasteiger partial charge in [-0.15, -0.1) is 0 Å². The molecular formula is C31H31ClF6N6O2. The van der Waals surface area contributed by atoms with Crippen LogP contribution in [-0.4, -0.2) is 77.3 Å². The molecule has 0 saturated carbocycles. The molecular weight excluding hydrogens is 638 g/mol. The lowest BCUT2D eigenvalue weighted by molar-refractivity contribution is -0.137. The maximum absolute atomic E-state index is 16.9. The van der Waals surface area contributed by atoms with Crippen molar-refractivity contribution < 1.29 is 35.8 Å². The van der Waals surface area contributed by atoms with E-state index in [2.05, 4.69) is 10.3 Å². The third-order valence-corrected chi connectivity index (χ3v) is 10.7. The Hall–Kier alpha value is -3.23. The van der Waals surface area contributed by atoms with Gasteiger partial charge < -0.3 is 25.4 Å². The molecule has 8 rings (SSSR count). The Morgan fingerprint density at radius 3 is 2.80 bits per heavy atom. The number of nitrogen functional groups attached to an aromatic ring is 1. The number of fused-ring (bicyclic) bond motifs is 6. The molecule has 0 spiro atoms. The fourth-order valence-electron chi connectivity index (χ4n) is 8.44. The third-order valence-electron chi connectivity index (χ3n) is 10.3. The summed E-state index contributed by atoms with van der Waals surface area (Å²) < 4.78 is 101. The average molecular weight is 669 g/mol. The Kier molecular flexibility index (Phi) is 6.64. The number of nitrogens with zero attached hydrogens (tertiary/aromatic N) is 4. The van der Waals surface area contributed by atoms with E-state index in [1.807, 2.05) is 4.90 Å². The Bertz CT molecular complexity index is 1770. The molecule has 8 nitrogen and oxygen atoms in total. The van der Waals surface area contributed by atoms with E-state index in [0.29, 0.717) is 19.5 Å². The molecule has 6 heterocycles. The number of rotatable bonds is 4. The van der Waals surface area contributed by atoms with Gasteiger partial charge in [0.2, 0.25) is 0 Å². The molecule has 3 N–H and O–H groups in total. The number of halogens is 7. The van der Waals surface area contributed by atoms with Crippen LogP contribution in [-0.2, 0) is 6.18 Å². The average Bonchev–Trinajstić information content (AvgIpc) is 3.56. The number of nitrogens with one attached hydrogen (secondary N) is 1. The standard InChI is InChI=1S/C31H31ClF6N6O2/c1-14-7-15(39)8-17(22(14)31(36,37)38)20-23(32)26-21-25(24(20)33)41-28(46-13-29-5-2-6-43(29)12-30(34,35)11-29)42-27(21)44-9-16-3-4-18(40-16)19(44)10-45-26/h7-8,16,18-19,40H,2-6,9-13,39H2,1H3. The van der Waals surface area contributed by atoms with E-state index in [1.165, 1.54) is 6.92 Å². The van der Waals surface area contributed by atoms with Crippen LogP contribution >= 0.6 is 11.6 Å². The summed E-state index contributed by atoms with van der Waals surface area (Å²) in [4.78, 5) is 12.8. The van der Waals surface area contributed by atoms with Gasteiger partial charge in [0, 0.05) is 41.9 Å². The van der Waals surface area contributed by atoms with Crippen molar-refractivity contribution in [3.05, 3.63) is 34.1 Å². The summed E-state index contributed by atoms with van der Waals surface area (Å²) in [6.07, 6.45) is -2.25. The number of benzene rings is 2. The van der Waals surface area contributed by atoms with Gasteiger partial charge in [0.25, 0.3) is 5.92 Å². The zero-order valence-electron chi connectivity index (χ0n) is 24.8. The molecule has 5 aliphatic heterocycles. The van der Waals surface area contributed by atoms with Crippen LogP contribution in [0.5, 0.6) is 11.8 Å². The molecule has 2 bridgehead atoms. The minimum atomic E-state index is -4.86. The summed E-state index contributed by atoms with van der Waals surface area (Å²) in [7, 11) is 0. The lowest BCUT2D eigenvalue weighted by atomic mass is 9.93. The minimum absolute atomic E-state index is 0.0109. The number of piperazine rings is 1. The van der Waals surface area contributed by atoms with Gasteiger partial charge in [-0.1, -0.05) is 11.6 Å². The number of aryl methyl sites for hydroxylation is 1. The summed E-state index contributed by atoms with van der Waals surface area (Å²) in [6, 6.07) is 1.84. The number of aromatic nitrogens is 2. The molecule has 5 aliphatic rings. The van der Waals surface area contributed by atoms with Crippen LogP contribution < -0.4 is 25.4 Å². The van der Waals surface area contributed by atoms with Gasteiger partial charge in [-0.05, 0) is 56.8 Å². The first kappa shape index (κ1) is 30.1. The molecule has 1 aromatic heterocycles. The minimum Gasteiger partial charge on any atom is -0.489 e. The summed E-state index contributed by atoms with van der Waals surface area (Å²) >= 11 is 6.81. The first-order valence-corrected chi connectivity index (χ1v) is 15.7. The molecule has 0 aliphatic carbocycles. The number of ether oxygens (including phenoxy) is 2. The molecule has 15 heteroatoms. The molecule has 0 radical (unpaired) electrons. The smallest absolute Gasteiger partial charge is 0.417 e. The van der Waals surface area contributed by atoms with Crippen LogP contribution in [0.25, 0.3) is 22.0 Å². The second-order valence-electron chi connectivity index (χ2n) is 13.3. The van der Waals surface area contributed by atoms with E-state index in [-0.39, 0.29) is 89.1 Å². The van der Waals surface area contributed by atoms with E-state index in [0.717, 1.165) is 31.4 Å². The first-order valence-electron chi connectivity index (χ1n) is 15.4. The van der Waals surface area contributed by atoms with Gasteiger partial charge in [-0.2, -0.15) is 23.1 Å². The van der Waals surface area contributed by atoms with Crippen LogP contribution in [0, 0.1) is 12.7 Å². The van der Waals surface area contributed by atoms with Gasteiger partial charge >= 0.3 is 12.2 Å². The Balaban J connectivity index is 1.33. The van der Waals surface area contributed by atoms with Crippen molar-refractivity contribution in [2.45, 2.75) is 74.8 Å². The van der Waals surface area contributed by atoms with Crippen LogP contribution in [0.3, 0.4) is 0 Å². The maximum atomic E-state index is 16.9. The molecule has 4 fully saturated rings. The fourth-order valence-corrected chi connectivity index (χ4v) is 8.78. The quantitative estimate of drug-likeness (QED) is 0.261. The highest BCUT2D eigenvalue weighted by Gasteiger charge is 2.57. The normalized spacial score (nSPS) is 28.3. The Labute approximate surface area is 265 Å². The van der Waals surface area contributed by atoms with Crippen molar-refractivity contribution in [3.8, 4) is 22.9 Å². The van der Waals surface area contributed by atoms with Crippen molar-refractivity contribution in [1.29, 1.82) is 0 Å². The van der Waals surface area contributed by atoms with Crippen LogP contribution in [0.4, 0.5) is 37.8 Å². The van der Waals surface area contributed by atoms with E-state index >= 15 is 4.39 Å². The van der Waals surface area contributed by atoms with Crippen molar-refractivity contribution >= 4 is 34.0 Å². The predicted octanol–water partition coefficient (Wildman–Crippen LogP) is 5.95. The molecule has 4 saturated heterocycles. The zero-order valence-corrected chi connectivity index (χ0v) is 25.5. The summed E-state index contributed by atoms with van der Waals surface area (Å²) in [5.41, 5.74) is 2.30. The van der Waals surface area contributed by atoms with E-state index in [9.17, 15) is 22.0 Å². The molecule has 3 aromatic rings. The van der Waals surface area contributed by atoms with Crippen molar-refractivity contribution in [3.63, 3.8) is 0 Å². The van der Waals surface area contributed by atoms with E-state index < -0.39 is 40.1 Å². The van der Waals surface area contributed by atoms with E-state index in [1.54, 1.807) is 4.90 Å². The highest BCUT2D eigenvalue weighted by atomic mass is 35.5. The van der Waals surface area contributed by atoms with E-state index in [4.69, 9.17) is 31.8 Å². The van der Waals surface area contributed by atoms with Crippen LogP contribution in [0.2, 0.25) is 5.02 Å². The fraction of sp³-hybridized carbons (Fsp3) is 0.548. The van der Waals surface area contributed by atoms with Gasteiger partial charge in [0.1, 0.15) is 24.5 Å². The van der Waals surface area contributed by atoms with Gasteiger partial charge in [-0.3, -0.25) is 4.90 Å². The summed E-state index contributed by atoms with van der Waals surface area (Å²) in [5.74, 6) is -3.76. The maximum Gasteiger partial charge on any atom is 0.417 e. The Morgan fingerprint density at radius 1 is 1.22 bits per heavy atom. The second kappa shape index (κ2) is 10.1. The highest BCUT2D eigenvalue weighted by molar-refractivity contribution is 6.36. The molecule has 0 amide bonds. The van der Waals surface area contributed by atoms with Gasteiger partial charge in [0.15, 0.2) is 11.6 Å². The van der Waals surface area contributed by atoms with Crippen molar-refractivity contribution in [2.75, 3.05) is 43.5 Å². The summed E-state index contributed by atoms with van der Waals surface area (Å²) in [5, 5.41) is 3.33. The van der Waals surface area contributed by atoms with Crippen LogP contribution in [0.1, 0.15) is 43.2 Å². The molecule has 2 aromatic carbocycles. The topological polar surface area (TPSA) is 88.8 Å². The number of anilines is 2. The molecule has 4 unspecified atom stereocenters. The largest absolute Gasteiger partial charge is 0.489 e. The predicted molar refractivity (Wildman–Crippen MR) is 159 cm³/mol. The van der Waals surface area contributed by atoms with Gasteiger partial charge in [-0.25, -0.2) is 13.2 Å². The van der Waals surface area contributed by atoms with Crippen LogP contribution in [0.15, 0.2) is 12.1 Å². The van der Waals surface area contributed by atoms with Gasteiger partial charge in [0.05, 0.1) is 34.1 Å². The van der Waals surface area contributed by atoms with Crippen molar-refractivity contribution in [1.82, 2.24) is 20.2 Å². The highest BCUT2D eigenvalue weighted by Crippen LogP contribution is 2.52. The molecule has 4 atom stereocenters. The SMILES string of the molecule is Cc1cc(N)cc(-c2c(Cl)c3c4c(nc(OCC56CCCN5CC(F)(F)C6)nc4c2F)N2CC4CCC(N4)C2CO3)c1C(F)(F)F. The molecule has 46 heavy (non-hydrogen) atoms.